The number of aromatic nitrogens is 3. The van der Waals surface area contributed by atoms with E-state index in [0.717, 1.165) is 62.2 Å². The Bertz CT molecular complexity index is 1360. The van der Waals surface area contributed by atoms with Gasteiger partial charge in [-0.15, -0.1) is 12.4 Å². The second-order valence-electron chi connectivity index (χ2n) is 11.5. The molecule has 4 heterocycles. The third kappa shape index (κ3) is 8.54. The number of esters is 2. The van der Waals surface area contributed by atoms with Crippen LogP contribution in [0.15, 0.2) is 42.6 Å². The van der Waals surface area contributed by atoms with E-state index in [9.17, 15) is 14.7 Å². The Balaban J connectivity index is 0.000000475. The third-order valence-electron chi connectivity index (χ3n) is 8.29. The minimum Gasteiger partial charge on any atom is -0.470 e. The van der Waals surface area contributed by atoms with Gasteiger partial charge in [0.05, 0.1) is 18.6 Å². The Morgan fingerprint density at radius 2 is 1.60 bits per heavy atom. The predicted octanol–water partition coefficient (Wildman–Crippen LogP) is 5.07. The molecule has 10 nitrogen and oxygen atoms in total. The minimum atomic E-state index is -0.562. The third-order valence-corrected chi connectivity index (χ3v) is 8.29. The summed E-state index contributed by atoms with van der Waals surface area (Å²) in [5.41, 5.74) is 2.21. The summed E-state index contributed by atoms with van der Waals surface area (Å²) >= 11 is 0. The molecule has 3 aromatic rings. The van der Waals surface area contributed by atoms with Gasteiger partial charge in [-0.25, -0.2) is 9.97 Å². The molecule has 3 aliphatic rings. The Hall–Kier alpha value is -3.50. The molecule has 1 aromatic carbocycles. The number of aliphatic hydroxyl groups is 1. The average molecular weight is 612 g/mol. The van der Waals surface area contributed by atoms with Crippen molar-refractivity contribution in [3.63, 3.8) is 0 Å². The van der Waals surface area contributed by atoms with Crippen molar-refractivity contribution in [2.24, 2.45) is 5.92 Å². The van der Waals surface area contributed by atoms with Gasteiger partial charge in [0, 0.05) is 50.7 Å². The van der Waals surface area contributed by atoms with Crippen molar-refractivity contribution in [2.45, 2.75) is 70.8 Å². The van der Waals surface area contributed by atoms with Crippen LogP contribution >= 0.6 is 12.4 Å². The van der Waals surface area contributed by atoms with E-state index in [1.807, 2.05) is 18.3 Å². The number of fused-ring (bicyclic) bond motifs is 1. The molecule has 0 amide bonds. The average Bonchev–Trinajstić information content (AvgIpc) is 2.98. The Morgan fingerprint density at radius 3 is 2.26 bits per heavy atom. The van der Waals surface area contributed by atoms with Crippen LogP contribution in [-0.2, 0) is 14.3 Å². The molecule has 232 valence electrons. The molecule has 0 bridgehead atoms. The second-order valence-corrected chi connectivity index (χ2v) is 11.5. The summed E-state index contributed by atoms with van der Waals surface area (Å²) in [6.45, 7) is 6.04. The van der Waals surface area contributed by atoms with E-state index in [2.05, 4.69) is 38.8 Å². The Kier molecular flexibility index (Phi) is 11.5. The monoisotopic (exact) mass is 611 g/mol. The normalized spacial score (nSPS) is 17.7. The van der Waals surface area contributed by atoms with Gasteiger partial charge in [0.1, 0.15) is 11.9 Å². The predicted molar refractivity (Wildman–Crippen MR) is 168 cm³/mol. The van der Waals surface area contributed by atoms with Crippen molar-refractivity contribution in [3.05, 3.63) is 48.2 Å². The molecule has 0 atom stereocenters. The number of halogens is 1. The first-order valence-electron chi connectivity index (χ1n) is 15.1. The molecular weight excluding hydrogens is 570 g/mol. The van der Waals surface area contributed by atoms with Crippen LogP contribution in [0.5, 0.6) is 5.88 Å². The van der Waals surface area contributed by atoms with Gasteiger partial charge in [0.25, 0.3) is 0 Å². The van der Waals surface area contributed by atoms with Gasteiger partial charge in [-0.3, -0.25) is 9.59 Å². The standard InChI is InChI=1S/C28H35N5O2.C4H6O3.ClH/c34-19-20-12-14-32(15-13-20)28-29-16-24(21-6-2-1-3-7-21)27(31-28)35-23-17-33(18-23)26-11-10-22-8-4-5-9-25(22)30-26;1-3(5)7-4(2)6;/h4-5,8-11,16,20-21,23,34H,1-3,6-7,12-15,17-19H2;1-2H3;1H. The molecule has 43 heavy (non-hydrogen) atoms. The van der Waals surface area contributed by atoms with Crippen LogP contribution in [0.3, 0.4) is 0 Å². The van der Waals surface area contributed by atoms with Gasteiger partial charge in [-0.2, -0.15) is 4.98 Å². The summed E-state index contributed by atoms with van der Waals surface area (Å²) in [6, 6.07) is 12.5. The maximum Gasteiger partial charge on any atom is 0.310 e. The van der Waals surface area contributed by atoms with E-state index in [-0.39, 0.29) is 25.1 Å². The number of hydrogen-bond donors (Lipinski definition) is 1. The summed E-state index contributed by atoms with van der Waals surface area (Å²) in [7, 11) is 0. The number of hydrogen-bond acceptors (Lipinski definition) is 10. The molecule has 1 aliphatic carbocycles. The van der Waals surface area contributed by atoms with Crippen molar-refractivity contribution < 1.29 is 24.2 Å². The SMILES string of the molecule is CC(=O)OC(C)=O.Cl.OCC1CCN(c2ncc(C3CCCCC3)c(OC3CN(c4ccc5ccccc5n4)C3)n2)CC1. The van der Waals surface area contributed by atoms with Gasteiger partial charge >= 0.3 is 11.9 Å². The summed E-state index contributed by atoms with van der Waals surface area (Å²) in [5, 5.41) is 10.6. The molecule has 6 rings (SSSR count). The smallest absolute Gasteiger partial charge is 0.310 e. The number of pyridine rings is 1. The largest absolute Gasteiger partial charge is 0.470 e. The first kappa shape index (κ1) is 32.4. The molecule has 11 heteroatoms. The van der Waals surface area contributed by atoms with Crippen LogP contribution in [-0.4, -0.2) is 70.9 Å². The maximum atomic E-state index is 9.81. The highest BCUT2D eigenvalue weighted by Gasteiger charge is 2.32. The van der Waals surface area contributed by atoms with Crippen molar-refractivity contribution in [1.82, 2.24) is 15.0 Å². The molecule has 1 N–H and O–H groups in total. The van der Waals surface area contributed by atoms with E-state index in [4.69, 9.17) is 19.7 Å². The number of rotatable bonds is 6. The molecule has 0 spiro atoms. The number of carbonyl (C=O) groups excluding carboxylic acids is 2. The molecular formula is C32H42ClN5O5. The van der Waals surface area contributed by atoms with E-state index >= 15 is 0 Å². The fourth-order valence-electron chi connectivity index (χ4n) is 5.91. The molecule has 1 saturated carbocycles. The molecule has 0 unspecified atom stereocenters. The zero-order valence-corrected chi connectivity index (χ0v) is 25.8. The molecule has 2 aliphatic heterocycles. The fourth-order valence-corrected chi connectivity index (χ4v) is 5.91. The van der Waals surface area contributed by atoms with Gasteiger partial charge in [-0.05, 0) is 55.7 Å². The lowest BCUT2D eigenvalue weighted by molar-refractivity contribution is -0.156. The number of carbonyl (C=O) groups is 2. The highest BCUT2D eigenvalue weighted by molar-refractivity contribution is 5.85. The number of anilines is 2. The van der Waals surface area contributed by atoms with E-state index in [1.54, 1.807) is 0 Å². The number of benzene rings is 1. The topological polar surface area (TPSA) is 118 Å². The van der Waals surface area contributed by atoms with Gasteiger partial charge in [0.15, 0.2) is 0 Å². The number of nitrogens with zero attached hydrogens (tertiary/aromatic N) is 5. The van der Waals surface area contributed by atoms with Crippen LogP contribution in [0, 0.1) is 5.92 Å². The Morgan fingerprint density at radius 1 is 0.907 bits per heavy atom. The summed E-state index contributed by atoms with van der Waals surface area (Å²) in [6.07, 6.45) is 10.4. The maximum absolute atomic E-state index is 9.81. The molecule has 2 saturated heterocycles. The lowest BCUT2D eigenvalue weighted by atomic mass is 9.85. The Labute approximate surface area is 259 Å². The van der Waals surface area contributed by atoms with Crippen molar-refractivity contribution in [3.8, 4) is 5.88 Å². The zero-order valence-electron chi connectivity index (χ0n) is 25.0. The van der Waals surface area contributed by atoms with Crippen molar-refractivity contribution in [2.75, 3.05) is 42.6 Å². The van der Waals surface area contributed by atoms with Crippen molar-refractivity contribution in [1.29, 1.82) is 0 Å². The van der Waals surface area contributed by atoms with Crippen LogP contribution in [0.1, 0.15) is 70.3 Å². The second kappa shape index (κ2) is 15.3. The lowest BCUT2D eigenvalue weighted by Crippen LogP contribution is -2.54. The number of aliphatic hydroxyl groups excluding tert-OH is 1. The van der Waals surface area contributed by atoms with Gasteiger partial charge in [0.2, 0.25) is 11.8 Å². The van der Waals surface area contributed by atoms with Crippen LogP contribution in [0.2, 0.25) is 0 Å². The number of ether oxygens (including phenoxy) is 2. The molecule has 3 fully saturated rings. The van der Waals surface area contributed by atoms with Crippen LogP contribution in [0.4, 0.5) is 11.8 Å². The highest BCUT2D eigenvalue weighted by Crippen LogP contribution is 2.38. The van der Waals surface area contributed by atoms with Gasteiger partial charge < -0.3 is 24.4 Å². The van der Waals surface area contributed by atoms with Gasteiger partial charge in [-0.1, -0.05) is 37.5 Å². The summed E-state index contributed by atoms with van der Waals surface area (Å²) in [4.78, 5) is 38.7. The summed E-state index contributed by atoms with van der Waals surface area (Å²) in [5.74, 6) is 2.32. The molecule has 2 aromatic heterocycles. The first-order valence-corrected chi connectivity index (χ1v) is 15.1. The summed E-state index contributed by atoms with van der Waals surface area (Å²) < 4.78 is 10.5. The van der Waals surface area contributed by atoms with Crippen molar-refractivity contribution >= 4 is 47.0 Å². The van der Waals surface area contributed by atoms with E-state index in [0.29, 0.717) is 11.8 Å². The number of piperidine rings is 1. The quantitative estimate of drug-likeness (QED) is 0.299. The lowest BCUT2D eigenvalue weighted by Gasteiger charge is -2.40. The van der Waals surface area contributed by atoms with Crippen LogP contribution in [0.25, 0.3) is 10.9 Å². The number of para-hydroxylation sites is 1. The van der Waals surface area contributed by atoms with E-state index < -0.39 is 11.9 Å². The van der Waals surface area contributed by atoms with Crippen LogP contribution < -0.4 is 14.5 Å². The molecule has 0 radical (unpaired) electrons. The first-order chi connectivity index (χ1) is 20.4. The minimum absolute atomic E-state index is 0. The highest BCUT2D eigenvalue weighted by atomic mass is 35.5. The zero-order chi connectivity index (χ0) is 29.5. The fraction of sp³-hybridized carbons (Fsp3) is 0.531. The van der Waals surface area contributed by atoms with E-state index in [1.165, 1.54) is 56.9 Å².